The molecular weight excluding hydrogens is 618 g/mol. The highest BCUT2D eigenvalue weighted by atomic mass is 16.5. The Morgan fingerprint density at radius 1 is 0.833 bits per heavy atom. The van der Waals surface area contributed by atoms with Crippen LogP contribution in [0.2, 0.25) is 0 Å². The maximum atomic E-state index is 12.7. The molecule has 0 aromatic carbocycles. The molecule has 0 spiro atoms. The molecule has 0 radical (unpaired) electrons. The lowest BCUT2D eigenvalue weighted by atomic mass is 9.92. The summed E-state index contributed by atoms with van der Waals surface area (Å²) in [5.74, 6) is -0.657. The largest absolute Gasteiger partial charge is 0.394 e. The lowest BCUT2D eigenvalue weighted by molar-refractivity contribution is -0.204. The number of hydrogen-bond donors (Lipinski definition) is 8. The number of rotatable bonds is 25. The summed E-state index contributed by atoms with van der Waals surface area (Å²) in [6, 6.07) is -1.27. The number of aromatic amines is 1. The minimum atomic E-state index is -1.59. The first-order valence-electron chi connectivity index (χ1n) is 18.1. The first-order valence-corrected chi connectivity index (χ1v) is 18.1. The number of nitrogens with one attached hydrogen (secondary N) is 4. The number of imidazole rings is 1. The smallest absolute Gasteiger partial charge is 0.239 e. The molecule has 2 aromatic heterocycles. The zero-order valence-corrected chi connectivity index (χ0v) is 28.6. The van der Waals surface area contributed by atoms with Crippen molar-refractivity contribution in [1.82, 2.24) is 30.6 Å². The van der Waals surface area contributed by atoms with Gasteiger partial charge in [0.25, 0.3) is 0 Å². The third-order valence-electron chi connectivity index (χ3n) is 9.04. The number of aliphatic hydroxyl groups excluding tert-OH is 4. The fourth-order valence-corrected chi connectivity index (χ4v) is 6.16. The number of anilines is 1. The monoisotopic (exact) mass is 677 g/mol. The average molecular weight is 678 g/mol. The van der Waals surface area contributed by atoms with Gasteiger partial charge in [-0.05, 0) is 6.42 Å². The molecule has 3 heterocycles. The van der Waals surface area contributed by atoms with Crippen LogP contribution < -0.4 is 16.0 Å². The normalized spacial score (nSPS) is 21.6. The molecule has 3 rings (SSSR count). The molecule has 8 N–H and O–H groups in total. The predicted molar refractivity (Wildman–Crippen MR) is 183 cm³/mol. The molecule has 1 aliphatic rings. The molecule has 1 saturated heterocycles. The highest BCUT2D eigenvalue weighted by molar-refractivity contribution is 5.85. The van der Waals surface area contributed by atoms with Gasteiger partial charge in [-0.25, -0.2) is 15.0 Å². The van der Waals surface area contributed by atoms with Crippen molar-refractivity contribution < 1.29 is 34.8 Å². The third-order valence-corrected chi connectivity index (χ3v) is 9.04. The van der Waals surface area contributed by atoms with Crippen LogP contribution in [-0.4, -0.2) is 102 Å². The van der Waals surface area contributed by atoms with Crippen molar-refractivity contribution in [1.29, 1.82) is 0 Å². The van der Waals surface area contributed by atoms with E-state index >= 15 is 0 Å². The lowest BCUT2D eigenvalue weighted by Crippen LogP contribution is -2.68. The SMILES string of the molecule is CCCCCCCCCCCCCCCCCCCC(=O)NCC(=O)N[C@@H]1[C@@H](O)[C@@H](O)[C@H](Nc2ncnc3nc[nH]c23)O[C@H]1[C@H](O)CO. The second-order valence-electron chi connectivity index (χ2n) is 13.0. The van der Waals surface area contributed by atoms with Gasteiger partial charge in [-0.1, -0.05) is 110 Å². The third kappa shape index (κ3) is 13.5. The van der Waals surface area contributed by atoms with Gasteiger partial charge in [-0.2, -0.15) is 0 Å². The van der Waals surface area contributed by atoms with Gasteiger partial charge >= 0.3 is 0 Å². The number of ether oxygens (including phenoxy) is 1. The van der Waals surface area contributed by atoms with E-state index in [1.165, 1.54) is 103 Å². The average Bonchev–Trinajstić information content (AvgIpc) is 3.58. The van der Waals surface area contributed by atoms with E-state index in [9.17, 15) is 30.0 Å². The van der Waals surface area contributed by atoms with Crippen LogP contribution in [0.3, 0.4) is 0 Å². The fraction of sp³-hybridized carbons (Fsp3) is 0.794. The maximum Gasteiger partial charge on any atom is 0.239 e. The fourth-order valence-electron chi connectivity index (χ4n) is 6.16. The molecule has 14 heteroatoms. The molecule has 0 aliphatic carbocycles. The van der Waals surface area contributed by atoms with E-state index < -0.39 is 49.2 Å². The van der Waals surface area contributed by atoms with Crippen LogP contribution in [0, 0.1) is 0 Å². The van der Waals surface area contributed by atoms with Gasteiger partial charge in [-0.15, -0.1) is 0 Å². The molecule has 14 nitrogen and oxygen atoms in total. The first kappa shape index (κ1) is 39.5. The second-order valence-corrected chi connectivity index (χ2v) is 13.0. The highest BCUT2D eigenvalue weighted by Crippen LogP contribution is 2.26. The second kappa shape index (κ2) is 22.7. The minimum absolute atomic E-state index is 0.232. The molecule has 6 atom stereocenters. The van der Waals surface area contributed by atoms with Crippen LogP contribution in [0.4, 0.5) is 5.82 Å². The molecule has 2 aromatic rings. The molecule has 48 heavy (non-hydrogen) atoms. The summed E-state index contributed by atoms with van der Waals surface area (Å²) in [4.78, 5) is 40.0. The number of aliphatic hydroxyl groups is 4. The minimum Gasteiger partial charge on any atom is -0.394 e. The van der Waals surface area contributed by atoms with E-state index in [0.29, 0.717) is 17.6 Å². The number of aromatic nitrogens is 4. The molecule has 0 bridgehead atoms. The van der Waals surface area contributed by atoms with Crippen LogP contribution in [-0.2, 0) is 14.3 Å². The van der Waals surface area contributed by atoms with E-state index in [1.54, 1.807) is 0 Å². The Morgan fingerprint density at radius 2 is 1.42 bits per heavy atom. The topological polar surface area (TPSA) is 215 Å². The molecular formula is C34H59N7O7. The lowest BCUT2D eigenvalue weighted by Gasteiger charge is -2.44. The standard InChI is InChI=1S/C34H59N7O7/c1-2-3-4-5-6-7-8-9-10-11-12-13-14-15-16-17-18-19-25(44)35-20-26(45)40-27-29(46)30(47)34(48-31(27)24(43)21-42)41-33-28-32(37-22-36-28)38-23-39-33/h22-24,27,29-31,34,42-43,46-47H,2-21H2,1H3,(H,35,44)(H,40,45)(H2,36,37,38,39,41)/t24-,27-,29-,30-,31+,34-/m1/s1. The zero-order valence-electron chi connectivity index (χ0n) is 28.6. The van der Waals surface area contributed by atoms with Crippen molar-refractivity contribution in [3.63, 3.8) is 0 Å². The Kier molecular flexibility index (Phi) is 18.7. The van der Waals surface area contributed by atoms with Crippen LogP contribution in [0.5, 0.6) is 0 Å². The number of unbranched alkanes of at least 4 members (excludes halogenated alkanes) is 16. The summed E-state index contributed by atoms with van der Waals surface area (Å²) in [5, 5.41) is 49.7. The van der Waals surface area contributed by atoms with Gasteiger partial charge in [-0.3, -0.25) is 9.59 Å². The summed E-state index contributed by atoms with van der Waals surface area (Å²) in [6.45, 7) is 1.19. The number of nitrogens with zero attached hydrogens (tertiary/aromatic N) is 3. The van der Waals surface area contributed by atoms with E-state index in [-0.39, 0.29) is 18.3 Å². The number of carbonyl (C=O) groups is 2. The summed E-state index contributed by atoms with van der Waals surface area (Å²) in [6.07, 6.45) is 17.2. The molecule has 1 aliphatic heterocycles. The van der Waals surface area contributed by atoms with Gasteiger partial charge in [0.15, 0.2) is 17.7 Å². The van der Waals surface area contributed by atoms with E-state index in [4.69, 9.17) is 4.74 Å². The van der Waals surface area contributed by atoms with E-state index in [2.05, 4.69) is 42.8 Å². The Labute approximate surface area is 284 Å². The summed E-state index contributed by atoms with van der Waals surface area (Å²) < 4.78 is 5.81. The zero-order chi connectivity index (χ0) is 34.6. The maximum absolute atomic E-state index is 12.7. The number of H-pyrrole nitrogens is 1. The van der Waals surface area contributed by atoms with E-state index in [1.807, 2.05) is 0 Å². The van der Waals surface area contributed by atoms with Crippen molar-refractivity contribution in [2.75, 3.05) is 18.5 Å². The summed E-state index contributed by atoms with van der Waals surface area (Å²) in [7, 11) is 0. The van der Waals surface area contributed by atoms with Crippen molar-refractivity contribution in [2.24, 2.45) is 0 Å². The van der Waals surface area contributed by atoms with Crippen molar-refractivity contribution in [2.45, 2.75) is 159 Å². The first-order chi connectivity index (χ1) is 23.3. The number of fused-ring (bicyclic) bond motifs is 1. The Hall–Kier alpha value is -2.91. The molecule has 0 unspecified atom stereocenters. The van der Waals surface area contributed by atoms with Crippen LogP contribution in [0.15, 0.2) is 12.7 Å². The Balaban J connectivity index is 1.26. The Bertz CT molecular complexity index is 1190. The van der Waals surface area contributed by atoms with Crippen LogP contribution in [0.25, 0.3) is 11.2 Å². The number of carbonyl (C=O) groups excluding carboxylic acids is 2. The Morgan fingerprint density at radius 3 is 2.00 bits per heavy atom. The van der Waals surface area contributed by atoms with Gasteiger partial charge in [0, 0.05) is 6.42 Å². The van der Waals surface area contributed by atoms with Crippen LogP contribution in [0.1, 0.15) is 122 Å². The molecule has 1 fully saturated rings. The van der Waals surface area contributed by atoms with Gasteiger partial charge < -0.3 is 46.1 Å². The molecule has 0 saturated carbocycles. The van der Waals surface area contributed by atoms with Crippen molar-refractivity contribution >= 4 is 28.8 Å². The summed E-state index contributed by atoms with van der Waals surface area (Å²) >= 11 is 0. The number of hydrogen-bond acceptors (Lipinski definition) is 11. The molecule has 272 valence electrons. The highest BCUT2D eigenvalue weighted by Gasteiger charge is 2.48. The van der Waals surface area contributed by atoms with Gasteiger partial charge in [0.2, 0.25) is 11.8 Å². The van der Waals surface area contributed by atoms with Gasteiger partial charge in [0.1, 0.15) is 36.3 Å². The van der Waals surface area contributed by atoms with Crippen molar-refractivity contribution in [3.05, 3.63) is 12.7 Å². The van der Waals surface area contributed by atoms with Crippen molar-refractivity contribution in [3.8, 4) is 0 Å². The summed E-state index contributed by atoms with van der Waals surface area (Å²) in [5.41, 5.74) is 0.797. The van der Waals surface area contributed by atoms with E-state index in [0.717, 1.165) is 19.3 Å². The number of amides is 2. The predicted octanol–water partition coefficient (Wildman–Crippen LogP) is 3.21. The van der Waals surface area contributed by atoms with Crippen LogP contribution >= 0.6 is 0 Å². The quantitative estimate of drug-likeness (QED) is 0.0714. The molecule has 2 amide bonds. The van der Waals surface area contributed by atoms with Gasteiger partial charge in [0.05, 0.1) is 25.5 Å².